The number of nitrogens with zero attached hydrogens (tertiary/aromatic N) is 2. The lowest BCUT2D eigenvalue weighted by Gasteiger charge is -2.11. The average Bonchev–Trinajstić information content (AvgIpc) is 3.05. The van der Waals surface area contributed by atoms with Crippen LogP contribution in [0.3, 0.4) is 0 Å². The Balaban J connectivity index is 0.00000338. The quantitative estimate of drug-likeness (QED) is 0.360. The molecule has 0 bridgehead atoms. The summed E-state index contributed by atoms with van der Waals surface area (Å²) in [6.45, 7) is 1.24. The summed E-state index contributed by atoms with van der Waals surface area (Å²) < 4.78 is 42.7. The number of aromatic nitrogens is 1. The van der Waals surface area contributed by atoms with Crippen LogP contribution in [0.15, 0.2) is 34.6 Å². The number of rotatable bonds is 6. The van der Waals surface area contributed by atoms with Gasteiger partial charge in [-0.3, -0.25) is 4.99 Å². The van der Waals surface area contributed by atoms with E-state index in [1.807, 2.05) is 24.3 Å². The molecule has 26 heavy (non-hydrogen) atoms. The van der Waals surface area contributed by atoms with Gasteiger partial charge in [0.2, 0.25) is 0 Å². The lowest BCUT2D eigenvalue weighted by atomic mass is 10.1. The van der Waals surface area contributed by atoms with Crippen LogP contribution in [-0.2, 0) is 30.6 Å². The molecule has 0 aliphatic carbocycles. The molecule has 1 aromatic carbocycles. The molecule has 5 nitrogen and oxygen atoms in total. The van der Waals surface area contributed by atoms with Gasteiger partial charge in [0, 0.05) is 26.1 Å². The minimum absolute atomic E-state index is 0. The highest BCUT2D eigenvalue weighted by molar-refractivity contribution is 14.0. The standard InChI is InChI=1S/C16H19F3N4OS.HI/c1-20-15(21-7-11-4-3-5-12(6-11)9-24-2)22-8-14-23-13(10-25-14)16(17,18)19;/h3-6,10H,7-9H2,1-2H3,(H2,20,21,22);1H. The highest BCUT2D eigenvalue weighted by atomic mass is 127. The van der Waals surface area contributed by atoms with Crippen LogP contribution in [0.25, 0.3) is 0 Å². The molecule has 2 N–H and O–H groups in total. The Morgan fingerprint density at radius 1 is 1.23 bits per heavy atom. The summed E-state index contributed by atoms with van der Waals surface area (Å²) in [4.78, 5) is 7.63. The van der Waals surface area contributed by atoms with E-state index in [0.717, 1.165) is 27.8 Å². The van der Waals surface area contributed by atoms with Crippen molar-refractivity contribution in [3.63, 3.8) is 0 Å². The van der Waals surface area contributed by atoms with Gasteiger partial charge in [-0.05, 0) is 11.1 Å². The van der Waals surface area contributed by atoms with Gasteiger partial charge in [0.25, 0.3) is 0 Å². The van der Waals surface area contributed by atoms with Crippen molar-refractivity contribution in [3.8, 4) is 0 Å². The lowest BCUT2D eigenvalue weighted by Crippen LogP contribution is -2.36. The van der Waals surface area contributed by atoms with Crippen molar-refractivity contribution in [2.75, 3.05) is 14.2 Å². The predicted molar refractivity (Wildman–Crippen MR) is 107 cm³/mol. The van der Waals surface area contributed by atoms with Crippen LogP contribution >= 0.6 is 35.3 Å². The first kappa shape index (κ1) is 22.6. The van der Waals surface area contributed by atoms with Gasteiger partial charge in [-0.15, -0.1) is 35.3 Å². The minimum atomic E-state index is -4.41. The molecule has 0 aliphatic heterocycles. The molecule has 0 aliphatic rings. The highest BCUT2D eigenvalue weighted by Gasteiger charge is 2.33. The van der Waals surface area contributed by atoms with Gasteiger partial charge in [-0.2, -0.15) is 13.2 Å². The van der Waals surface area contributed by atoms with Crippen LogP contribution in [-0.4, -0.2) is 25.1 Å². The molecule has 0 saturated carbocycles. The molecular formula is C16H20F3IN4OS. The van der Waals surface area contributed by atoms with Gasteiger partial charge in [0.05, 0.1) is 13.2 Å². The van der Waals surface area contributed by atoms with Crippen LogP contribution in [0.4, 0.5) is 13.2 Å². The molecule has 0 spiro atoms. The molecule has 0 fully saturated rings. The molecule has 0 saturated heterocycles. The maximum absolute atomic E-state index is 12.5. The monoisotopic (exact) mass is 500 g/mol. The number of hydrogen-bond acceptors (Lipinski definition) is 4. The van der Waals surface area contributed by atoms with Gasteiger partial charge in [0.15, 0.2) is 11.7 Å². The first-order valence-corrected chi connectivity index (χ1v) is 8.33. The van der Waals surface area contributed by atoms with Crippen LogP contribution in [0.1, 0.15) is 21.8 Å². The lowest BCUT2D eigenvalue weighted by molar-refractivity contribution is -0.140. The minimum Gasteiger partial charge on any atom is -0.380 e. The summed E-state index contributed by atoms with van der Waals surface area (Å²) in [5.41, 5.74) is 1.24. The number of ether oxygens (including phenoxy) is 1. The normalized spacial score (nSPS) is 11.8. The summed E-state index contributed by atoms with van der Waals surface area (Å²) in [5.74, 6) is 0.487. The van der Waals surface area contributed by atoms with Gasteiger partial charge in [0.1, 0.15) is 5.01 Å². The van der Waals surface area contributed by atoms with E-state index in [-0.39, 0.29) is 30.5 Å². The number of guanidine groups is 1. The molecule has 0 radical (unpaired) electrons. The molecule has 10 heteroatoms. The zero-order valence-electron chi connectivity index (χ0n) is 14.3. The van der Waals surface area contributed by atoms with E-state index >= 15 is 0 Å². The number of alkyl halides is 3. The first-order valence-electron chi connectivity index (χ1n) is 7.45. The van der Waals surface area contributed by atoms with E-state index in [4.69, 9.17) is 4.74 Å². The van der Waals surface area contributed by atoms with E-state index in [1.54, 1.807) is 14.2 Å². The van der Waals surface area contributed by atoms with E-state index < -0.39 is 11.9 Å². The molecule has 1 heterocycles. The molecular weight excluding hydrogens is 480 g/mol. The summed E-state index contributed by atoms with van der Waals surface area (Å²) >= 11 is 0.960. The number of aliphatic imine (C=N–C) groups is 1. The van der Waals surface area contributed by atoms with Crippen molar-refractivity contribution in [1.82, 2.24) is 15.6 Å². The van der Waals surface area contributed by atoms with Crippen molar-refractivity contribution in [2.24, 2.45) is 4.99 Å². The van der Waals surface area contributed by atoms with Crippen molar-refractivity contribution < 1.29 is 17.9 Å². The van der Waals surface area contributed by atoms with Crippen molar-refractivity contribution in [1.29, 1.82) is 0 Å². The van der Waals surface area contributed by atoms with Gasteiger partial charge >= 0.3 is 6.18 Å². The average molecular weight is 500 g/mol. The molecule has 1 aromatic heterocycles. The Labute approximate surface area is 171 Å². The molecule has 0 atom stereocenters. The summed E-state index contributed by atoms with van der Waals surface area (Å²) in [5, 5.41) is 7.42. The summed E-state index contributed by atoms with van der Waals surface area (Å²) in [6, 6.07) is 7.90. The largest absolute Gasteiger partial charge is 0.434 e. The van der Waals surface area contributed by atoms with Crippen molar-refractivity contribution >= 4 is 41.3 Å². The van der Waals surface area contributed by atoms with E-state index in [2.05, 4.69) is 20.6 Å². The number of halogens is 4. The highest BCUT2D eigenvalue weighted by Crippen LogP contribution is 2.29. The van der Waals surface area contributed by atoms with Crippen LogP contribution in [0.2, 0.25) is 0 Å². The van der Waals surface area contributed by atoms with Gasteiger partial charge in [-0.1, -0.05) is 24.3 Å². The molecule has 2 aromatic rings. The topological polar surface area (TPSA) is 58.5 Å². The summed E-state index contributed by atoms with van der Waals surface area (Å²) in [7, 11) is 3.24. The van der Waals surface area contributed by atoms with E-state index in [0.29, 0.717) is 24.1 Å². The van der Waals surface area contributed by atoms with E-state index in [1.165, 1.54) is 0 Å². The second kappa shape index (κ2) is 10.7. The molecule has 144 valence electrons. The Morgan fingerprint density at radius 2 is 1.92 bits per heavy atom. The Bertz CT molecular complexity index is 722. The molecule has 2 rings (SSSR count). The third kappa shape index (κ3) is 7.08. The zero-order valence-corrected chi connectivity index (χ0v) is 17.4. The number of benzene rings is 1. The maximum Gasteiger partial charge on any atom is 0.434 e. The van der Waals surface area contributed by atoms with Gasteiger partial charge < -0.3 is 15.4 Å². The fourth-order valence-electron chi connectivity index (χ4n) is 2.08. The Morgan fingerprint density at radius 3 is 2.54 bits per heavy atom. The van der Waals surface area contributed by atoms with E-state index in [9.17, 15) is 13.2 Å². The number of thiazole rings is 1. The number of methoxy groups -OCH3 is 1. The number of hydrogen-bond donors (Lipinski definition) is 2. The number of nitrogens with one attached hydrogen (secondary N) is 2. The SMILES string of the molecule is CN=C(NCc1cccc(COC)c1)NCc1nc(C(F)(F)F)cs1.I. The Kier molecular flexibility index (Phi) is 9.30. The molecule has 0 unspecified atom stereocenters. The maximum atomic E-state index is 12.5. The second-order valence-corrected chi connectivity index (χ2v) is 6.10. The molecule has 0 amide bonds. The van der Waals surface area contributed by atoms with Gasteiger partial charge in [-0.25, -0.2) is 4.98 Å². The van der Waals surface area contributed by atoms with Crippen LogP contribution < -0.4 is 10.6 Å². The smallest absolute Gasteiger partial charge is 0.380 e. The fourth-order valence-corrected chi connectivity index (χ4v) is 2.82. The Hall–Kier alpha value is -1.40. The third-order valence-corrected chi connectivity index (χ3v) is 4.08. The van der Waals surface area contributed by atoms with Crippen LogP contribution in [0.5, 0.6) is 0 Å². The second-order valence-electron chi connectivity index (χ2n) is 5.16. The third-order valence-electron chi connectivity index (χ3n) is 3.24. The van der Waals surface area contributed by atoms with Crippen molar-refractivity contribution in [2.45, 2.75) is 25.9 Å². The first-order chi connectivity index (χ1) is 11.9. The van der Waals surface area contributed by atoms with Crippen molar-refractivity contribution in [3.05, 3.63) is 51.5 Å². The predicted octanol–water partition coefficient (Wildman–Crippen LogP) is 3.79. The zero-order chi connectivity index (χ0) is 18.3. The van der Waals surface area contributed by atoms with Crippen LogP contribution in [0, 0.1) is 0 Å². The fraction of sp³-hybridized carbons (Fsp3) is 0.375. The summed E-state index contributed by atoms with van der Waals surface area (Å²) in [6.07, 6.45) is -4.41.